The van der Waals surface area contributed by atoms with Crippen molar-refractivity contribution in [3.63, 3.8) is 0 Å². The summed E-state index contributed by atoms with van der Waals surface area (Å²) in [5, 5.41) is 9.83. The van der Waals surface area contributed by atoms with Crippen molar-refractivity contribution >= 4 is 25.7 Å². The molecule has 0 amide bonds. The van der Waals surface area contributed by atoms with Gasteiger partial charge in [-0.05, 0) is 109 Å². The molecular weight excluding hydrogens is 1000 g/mol. The van der Waals surface area contributed by atoms with Crippen LogP contribution in [0.4, 0.5) is 0 Å². The molecule has 3 unspecified atom stereocenters. The Bertz CT molecular complexity index is 1590. The molecule has 0 bridgehead atoms. The molecule has 0 aliphatic rings. The van der Waals surface area contributed by atoms with Gasteiger partial charge in [-0.2, -0.15) is 0 Å². The molecule has 78 heavy (non-hydrogen) atoms. The van der Waals surface area contributed by atoms with E-state index < -0.39 is 57.8 Å². The number of phosphoric acid groups is 1. The van der Waals surface area contributed by atoms with Crippen molar-refractivity contribution in [3.8, 4) is 0 Å². The van der Waals surface area contributed by atoms with Gasteiger partial charge >= 0.3 is 25.7 Å². The molecule has 0 aromatic rings. The van der Waals surface area contributed by atoms with Crippen LogP contribution in [0.25, 0.3) is 0 Å². The number of rotatable bonds is 59. The summed E-state index contributed by atoms with van der Waals surface area (Å²) in [6.07, 6.45) is 68.5. The van der Waals surface area contributed by atoms with Crippen molar-refractivity contribution < 1.29 is 52.2 Å². The molecule has 0 saturated carbocycles. The first-order valence-corrected chi connectivity index (χ1v) is 33.3. The summed E-state index contributed by atoms with van der Waals surface area (Å²) in [6, 6.07) is 0. The number of unbranched alkanes of at least 4 members (excludes halogenated alkanes) is 30. The van der Waals surface area contributed by atoms with Crippen LogP contribution in [0.5, 0.6) is 0 Å². The average molecular weight is 1120 g/mol. The Kier molecular flexibility index (Phi) is 57.7. The van der Waals surface area contributed by atoms with E-state index in [0.717, 1.165) is 122 Å². The number of esters is 3. The highest BCUT2D eigenvalue weighted by Gasteiger charge is 2.28. The second-order valence-electron chi connectivity index (χ2n) is 21.2. The SMILES string of the molecule is CC/C=C\C/C=C\C/C=C\C/C=C\CCCCCCCCC(=O)OCC(COP(=O)(O)OCC(CO)OC(=O)CCCCCCC/C=C\CCCCCC)OC(=O)CCCCCCCCCCC/C=C\CCCCCCCC. The first-order valence-electron chi connectivity index (χ1n) is 31.8. The number of aliphatic hydroxyl groups is 1. The minimum absolute atomic E-state index is 0.161. The number of carbonyl (C=O) groups is 3. The Morgan fingerprint density at radius 3 is 1.05 bits per heavy atom. The zero-order valence-corrected chi connectivity index (χ0v) is 51.0. The third-order valence-corrected chi connectivity index (χ3v) is 14.5. The number of phosphoric ester groups is 1. The van der Waals surface area contributed by atoms with Gasteiger partial charge in [0, 0.05) is 19.3 Å². The zero-order chi connectivity index (χ0) is 56.9. The highest BCUT2D eigenvalue weighted by Crippen LogP contribution is 2.43. The molecule has 0 aliphatic carbocycles. The number of ether oxygens (including phenoxy) is 3. The van der Waals surface area contributed by atoms with Gasteiger partial charge in [-0.15, -0.1) is 0 Å². The third-order valence-electron chi connectivity index (χ3n) is 13.6. The molecule has 0 heterocycles. The number of allylic oxidation sites excluding steroid dienone is 12. The van der Waals surface area contributed by atoms with Crippen molar-refractivity contribution in [1.82, 2.24) is 0 Å². The van der Waals surface area contributed by atoms with Crippen LogP contribution < -0.4 is 0 Å². The minimum atomic E-state index is -4.76. The Morgan fingerprint density at radius 1 is 0.372 bits per heavy atom. The van der Waals surface area contributed by atoms with Gasteiger partial charge in [0.2, 0.25) is 0 Å². The van der Waals surface area contributed by atoms with E-state index in [0.29, 0.717) is 19.3 Å². The first-order chi connectivity index (χ1) is 38.2. The molecular formula is C66H117O11P. The van der Waals surface area contributed by atoms with E-state index in [1.54, 1.807) is 0 Å². The van der Waals surface area contributed by atoms with E-state index in [4.69, 9.17) is 23.3 Å². The molecule has 11 nitrogen and oxygen atoms in total. The van der Waals surface area contributed by atoms with Gasteiger partial charge in [0.1, 0.15) is 12.7 Å². The fourth-order valence-corrected chi connectivity index (χ4v) is 9.53. The highest BCUT2D eigenvalue weighted by molar-refractivity contribution is 7.47. The Morgan fingerprint density at radius 2 is 0.667 bits per heavy atom. The van der Waals surface area contributed by atoms with Crippen LogP contribution in [0.3, 0.4) is 0 Å². The number of hydrogen-bond donors (Lipinski definition) is 2. The molecule has 0 aromatic heterocycles. The summed E-state index contributed by atoms with van der Waals surface area (Å²) >= 11 is 0. The van der Waals surface area contributed by atoms with Crippen LogP contribution in [0.2, 0.25) is 0 Å². The van der Waals surface area contributed by atoms with Crippen molar-refractivity contribution in [1.29, 1.82) is 0 Å². The van der Waals surface area contributed by atoms with E-state index in [-0.39, 0.29) is 25.9 Å². The minimum Gasteiger partial charge on any atom is -0.462 e. The van der Waals surface area contributed by atoms with Gasteiger partial charge in [0.05, 0.1) is 19.8 Å². The number of carbonyl (C=O) groups excluding carboxylic acids is 3. The lowest BCUT2D eigenvalue weighted by Gasteiger charge is -2.21. The highest BCUT2D eigenvalue weighted by atomic mass is 31.2. The molecule has 0 saturated heterocycles. The molecule has 0 fully saturated rings. The van der Waals surface area contributed by atoms with Gasteiger partial charge < -0.3 is 24.2 Å². The summed E-state index contributed by atoms with van der Waals surface area (Å²) in [7, 11) is -4.76. The van der Waals surface area contributed by atoms with Gasteiger partial charge in [0.25, 0.3) is 0 Å². The summed E-state index contributed by atoms with van der Waals surface area (Å²) in [5.41, 5.74) is 0. The summed E-state index contributed by atoms with van der Waals surface area (Å²) in [4.78, 5) is 48.7. The Hall–Kier alpha value is -3.08. The maximum absolute atomic E-state index is 13.0. The second-order valence-corrected chi connectivity index (χ2v) is 22.6. The fraction of sp³-hybridized carbons (Fsp3) is 0.773. The van der Waals surface area contributed by atoms with Gasteiger partial charge in [-0.25, -0.2) is 4.57 Å². The molecule has 12 heteroatoms. The van der Waals surface area contributed by atoms with Gasteiger partial charge in [-0.3, -0.25) is 23.4 Å². The van der Waals surface area contributed by atoms with E-state index in [9.17, 15) is 28.9 Å². The lowest BCUT2D eigenvalue weighted by atomic mass is 10.1. The molecule has 2 N–H and O–H groups in total. The maximum Gasteiger partial charge on any atom is 0.472 e. The van der Waals surface area contributed by atoms with Crippen LogP contribution in [0.15, 0.2) is 72.9 Å². The summed E-state index contributed by atoms with van der Waals surface area (Å²) in [5.74, 6) is -1.48. The standard InChI is InChI=1S/C66H117O11P/c1-4-7-10-13-16-19-22-25-27-29-31-33-35-38-40-43-46-49-52-55-64(68)73-59-63(77-66(70)57-54-51-48-45-42-39-36-34-32-30-28-26-23-20-17-14-11-8-5-2)61-75-78(71,72)74-60-62(58-67)76-65(69)56-53-50-47-44-41-37-24-21-18-15-12-9-6-3/h7,10,16,19,21,24-28,31,33,62-63,67H,4-6,8-9,11-15,17-18,20,22-23,29-30,32,34-61H2,1-3H3,(H,71,72)/b10-7-,19-16-,24-21-,27-25-,28-26-,33-31-. The third kappa shape index (κ3) is 57.6. The monoisotopic (exact) mass is 1120 g/mol. The Labute approximate surface area is 478 Å². The predicted octanol–water partition coefficient (Wildman–Crippen LogP) is 19.3. The molecule has 0 aromatic carbocycles. The van der Waals surface area contributed by atoms with Crippen molar-refractivity contribution in [3.05, 3.63) is 72.9 Å². The molecule has 452 valence electrons. The fourth-order valence-electron chi connectivity index (χ4n) is 8.75. The summed E-state index contributed by atoms with van der Waals surface area (Å²) in [6.45, 7) is 4.52. The molecule has 0 aliphatic heterocycles. The van der Waals surface area contributed by atoms with Crippen molar-refractivity contribution in [2.24, 2.45) is 0 Å². The average Bonchev–Trinajstić information content (AvgIpc) is 3.43. The number of aliphatic hydroxyl groups excluding tert-OH is 1. The van der Waals surface area contributed by atoms with E-state index in [1.807, 2.05) is 0 Å². The van der Waals surface area contributed by atoms with Crippen molar-refractivity contribution in [2.45, 2.75) is 303 Å². The zero-order valence-electron chi connectivity index (χ0n) is 50.1. The number of hydrogen-bond acceptors (Lipinski definition) is 10. The second kappa shape index (κ2) is 60.0. The quantitative estimate of drug-likeness (QED) is 0.0197. The van der Waals surface area contributed by atoms with Gasteiger partial charge in [-0.1, -0.05) is 235 Å². The Balaban J connectivity index is 4.73. The normalized spacial score (nSPS) is 13.8. The van der Waals surface area contributed by atoms with Gasteiger partial charge in [0.15, 0.2) is 6.10 Å². The molecule has 3 atom stereocenters. The summed E-state index contributed by atoms with van der Waals surface area (Å²) < 4.78 is 39.6. The predicted molar refractivity (Wildman–Crippen MR) is 325 cm³/mol. The maximum atomic E-state index is 13.0. The van der Waals surface area contributed by atoms with Crippen molar-refractivity contribution in [2.75, 3.05) is 26.4 Å². The molecule has 0 rings (SSSR count). The van der Waals surface area contributed by atoms with Crippen LogP contribution in [0.1, 0.15) is 290 Å². The van der Waals surface area contributed by atoms with Crippen LogP contribution in [0, 0.1) is 0 Å². The van der Waals surface area contributed by atoms with E-state index in [2.05, 4.69) is 93.7 Å². The smallest absolute Gasteiger partial charge is 0.462 e. The van der Waals surface area contributed by atoms with Crippen LogP contribution in [-0.4, -0.2) is 66.5 Å². The first kappa shape index (κ1) is 74.9. The van der Waals surface area contributed by atoms with Crippen LogP contribution >= 0.6 is 7.82 Å². The molecule has 0 radical (unpaired) electrons. The lowest BCUT2D eigenvalue weighted by Crippen LogP contribution is -2.30. The topological polar surface area (TPSA) is 155 Å². The van der Waals surface area contributed by atoms with E-state index in [1.165, 1.54) is 109 Å². The lowest BCUT2D eigenvalue weighted by molar-refractivity contribution is -0.161. The largest absolute Gasteiger partial charge is 0.472 e. The van der Waals surface area contributed by atoms with E-state index >= 15 is 0 Å². The van der Waals surface area contributed by atoms with Crippen LogP contribution in [-0.2, 0) is 42.2 Å². The molecule has 0 spiro atoms.